The van der Waals surface area contributed by atoms with Gasteiger partial charge in [0.15, 0.2) is 0 Å². The van der Waals surface area contributed by atoms with Gasteiger partial charge in [0.25, 0.3) is 0 Å². The van der Waals surface area contributed by atoms with Gasteiger partial charge in [0.2, 0.25) is 0 Å². The molecule has 0 spiro atoms. The van der Waals surface area contributed by atoms with Crippen molar-refractivity contribution in [3.8, 4) is 0 Å². The second-order valence-corrected chi connectivity index (χ2v) is 3.50. The molecule has 1 heteroatoms. The molecule has 0 bridgehead atoms. The van der Waals surface area contributed by atoms with Crippen molar-refractivity contribution in [2.45, 2.75) is 33.1 Å². The van der Waals surface area contributed by atoms with Crippen molar-refractivity contribution < 1.29 is 0 Å². The Morgan fingerprint density at radius 3 is 2.91 bits per heavy atom. The molecule has 0 saturated heterocycles. The van der Waals surface area contributed by atoms with Crippen molar-refractivity contribution in [1.82, 2.24) is 4.90 Å². The molecule has 0 fully saturated rings. The molecule has 0 aliphatic carbocycles. The summed E-state index contributed by atoms with van der Waals surface area (Å²) in [5.41, 5.74) is 1.55. The third kappa shape index (κ3) is 1.98. The Bertz CT molecular complexity index is 149. The molecule has 0 aromatic carbocycles. The molecule has 0 aromatic heterocycles. The van der Waals surface area contributed by atoms with Crippen molar-refractivity contribution in [2.75, 3.05) is 13.6 Å². The van der Waals surface area contributed by atoms with Crippen LogP contribution in [0.25, 0.3) is 0 Å². The maximum absolute atomic E-state index is 2.40. The second kappa shape index (κ2) is 3.80. The summed E-state index contributed by atoms with van der Waals surface area (Å²) in [6.45, 7) is 5.82. The van der Waals surface area contributed by atoms with E-state index >= 15 is 0 Å². The Labute approximate surface area is 70.1 Å². The minimum Gasteiger partial charge on any atom is -0.378 e. The molecule has 1 nitrogen and oxygen atoms in total. The molecular formula is C10H19N. The first-order valence-corrected chi connectivity index (χ1v) is 4.67. The molecule has 0 radical (unpaired) electrons. The van der Waals surface area contributed by atoms with Crippen LogP contribution < -0.4 is 0 Å². The van der Waals surface area contributed by atoms with Crippen LogP contribution in [0.3, 0.4) is 0 Å². The molecule has 1 heterocycles. The highest BCUT2D eigenvalue weighted by Gasteiger charge is 2.13. The van der Waals surface area contributed by atoms with Crippen LogP contribution in [-0.4, -0.2) is 18.5 Å². The standard InChI is InChI=1S/C10H19N/c1-4-9(2)10-7-5-6-8-11(10)3/h7,9H,4-6,8H2,1-3H3. The van der Waals surface area contributed by atoms with Gasteiger partial charge in [0, 0.05) is 19.3 Å². The van der Waals surface area contributed by atoms with E-state index in [0.717, 1.165) is 5.92 Å². The maximum atomic E-state index is 2.40. The van der Waals surface area contributed by atoms with E-state index in [1.165, 1.54) is 25.8 Å². The average molecular weight is 153 g/mol. The lowest BCUT2D eigenvalue weighted by molar-refractivity contribution is 0.337. The second-order valence-electron chi connectivity index (χ2n) is 3.50. The lowest BCUT2D eigenvalue weighted by atomic mass is 10.00. The van der Waals surface area contributed by atoms with Crippen molar-refractivity contribution in [2.24, 2.45) is 5.92 Å². The fraction of sp³-hybridized carbons (Fsp3) is 0.800. The topological polar surface area (TPSA) is 3.24 Å². The molecule has 1 rings (SSSR count). The Kier molecular flexibility index (Phi) is 2.98. The summed E-state index contributed by atoms with van der Waals surface area (Å²) in [6.07, 6.45) is 6.27. The minimum atomic E-state index is 0.750. The summed E-state index contributed by atoms with van der Waals surface area (Å²) < 4.78 is 0. The van der Waals surface area contributed by atoms with Crippen molar-refractivity contribution in [1.29, 1.82) is 0 Å². The summed E-state index contributed by atoms with van der Waals surface area (Å²) in [5, 5.41) is 0. The highest BCUT2D eigenvalue weighted by atomic mass is 15.1. The SMILES string of the molecule is CCC(C)C1=CCCCN1C. The molecule has 1 aliphatic heterocycles. The molecule has 0 saturated carbocycles. The molecular weight excluding hydrogens is 134 g/mol. The maximum Gasteiger partial charge on any atom is 0.0174 e. The molecule has 11 heavy (non-hydrogen) atoms. The Balaban J connectivity index is 2.59. The van der Waals surface area contributed by atoms with Crippen molar-refractivity contribution in [3.63, 3.8) is 0 Å². The van der Waals surface area contributed by atoms with Crippen molar-refractivity contribution >= 4 is 0 Å². The molecule has 0 aromatic rings. The van der Waals surface area contributed by atoms with E-state index in [1.54, 1.807) is 5.70 Å². The first-order valence-electron chi connectivity index (χ1n) is 4.67. The van der Waals surface area contributed by atoms with Gasteiger partial charge in [0.05, 0.1) is 0 Å². The molecule has 64 valence electrons. The summed E-state index contributed by atoms with van der Waals surface area (Å²) in [4.78, 5) is 2.40. The number of allylic oxidation sites excluding steroid dienone is 2. The monoisotopic (exact) mass is 153 g/mol. The fourth-order valence-corrected chi connectivity index (χ4v) is 1.65. The Morgan fingerprint density at radius 2 is 2.36 bits per heavy atom. The fourth-order valence-electron chi connectivity index (χ4n) is 1.65. The van der Waals surface area contributed by atoms with Gasteiger partial charge in [-0.1, -0.05) is 19.9 Å². The highest BCUT2D eigenvalue weighted by Crippen LogP contribution is 2.22. The number of hydrogen-bond donors (Lipinski definition) is 0. The van der Waals surface area contributed by atoms with Gasteiger partial charge in [-0.25, -0.2) is 0 Å². The normalized spacial score (nSPS) is 21.4. The van der Waals surface area contributed by atoms with Gasteiger partial charge in [-0.3, -0.25) is 0 Å². The summed E-state index contributed by atoms with van der Waals surface area (Å²) in [7, 11) is 2.21. The van der Waals surface area contributed by atoms with Gasteiger partial charge in [-0.2, -0.15) is 0 Å². The molecule has 1 aliphatic rings. The van der Waals surface area contributed by atoms with E-state index in [0.29, 0.717) is 0 Å². The highest BCUT2D eigenvalue weighted by molar-refractivity contribution is 5.06. The van der Waals surface area contributed by atoms with Crippen LogP contribution in [0.2, 0.25) is 0 Å². The Morgan fingerprint density at radius 1 is 1.64 bits per heavy atom. The van der Waals surface area contributed by atoms with Gasteiger partial charge >= 0.3 is 0 Å². The van der Waals surface area contributed by atoms with Crippen LogP contribution in [0, 0.1) is 5.92 Å². The quantitative estimate of drug-likeness (QED) is 0.589. The van der Waals surface area contributed by atoms with Crippen LogP contribution in [-0.2, 0) is 0 Å². The third-order valence-corrected chi connectivity index (χ3v) is 2.61. The van der Waals surface area contributed by atoms with Crippen LogP contribution in [0.5, 0.6) is 0 Å². The lowest BCUT2D eigenvalue weighted by Crippen LogP contribution is -2.25. The lowest BCUT2D eigenvalue weighted by Gasteiger charge is -2.30. The van der Waals surface area contributed by atoms with E-state index in [2.05, 4.69) is 31.9 Å². The molecule has 0 N–H and O–H groups in total. The zero-order valence-electron chi connectivity index (χ0n) is 7.93. The summed E-state index contributed by atoms with van der Waals surface area (Å²) >= 11 is 0. The predicted octanol–water partition coefficient (Wildman–Crippen LogP) is 2.64. The number of hydrogen-bond acceptors (Lipinski definition) is 1. The average Bonchev–Trinajstić information content (AvgIpc) is 2.04. The number of rotatable bonds is 2. The largest absolute Gasteiger partial charge is 0.378 e. The zero-order chi connectivity index (χ0) is 8.27. The van der Waals surface area contributed by atoms with Gasteiger partial charge in [-0.05, 0) is 25.2 Å². The van der Waals surface area contributed by atoms with Crippen molar-refractivity contribution in [3.05, 3.63) is 11.8 Å². The van der Waals surface area contributed by atoms with Crippen LogP contribution in [0.4, 0.5) is 0 Å². The third-order valence-electron chi connectivity index (χ3n) is 2.61. The van der Waals surface area contributed by atoms with Crippen LogP contribution >= 0.6 is 0 Å². The molecule has 1 atom stereocenters. The predicted molar refractivity (Wildman–Crippen MR) is 49.4 cm³/mol. The van der Waals surface area contributed by atoms with E-state index < -0.39 is 0 Å². The van der Waals surface area contributed by atoms with Crippen LogP contribution in [0.1, 0.15) is 33.1 Å². The zero-order valence-corrected chi connectivity index (χ0v) is 7.93. The van der Waals surface area contributed by atoms with Gasteiger partial charge < -0.3 is 4.90 Å². The van der Waals surface area contributed by atoms with Gasteiger partial charge in [-0.15, -0.1) is 0 Å². The Hall–Kier alpha value is -0.460. The van der Waals surface area contributed by atoms with E-state index in [-0.39, 0.29) is 0 Å². The summed E-state index contributed by atoms with van der Waals surface area (Å²) in [6, 6.07) is 0. The smallest absolute Gasteiger partial charge is 0.0174 e. The van der Waals surface area contributed by atoms with Crippen LogP contribution in [0.15, 0.2) is 11.8 Å². The van der Waals surface area contributed by atoms with E-state index in [4.69, 9.17) is 0 Å². The molecule has 1 unspecified atom stereocenters. The minimum absolute atomic E-state index is 0.750. The first kappa shape index (κ1) is 8.63. The number of nitrogens with zero attached hydrogens (tertiary/aromatic N) is 1. The summed E-state index contributed by atoms with van der Waals surface area (Å²) in [5.74, 6) is 0.750. The first-order chi connectivity index (χ1) is 5.25. The van der Waals surface area contributed by atoms with Gasteiger partial charge in [0.1, 0.15) is 0 Å². The van der Waals surface area contributed by atoms with E-state index in [1.807, 2.05) is 0 Å². The van der Waals surface area contributed by atoms with E-state index in [9.17, 15) is 0 Å². The molecule has 0 amide bonds.